The van der Waals surface area contributed by atoms with Gasteiger partial charge >= 0.3 is 0 Å². The first kappa shape index (κ1) is 10.9. The number of ketones is 1. The van der Waals surface area contributed by atoms with Gasteiger partial charge in [-0.25, -0.2) is 0 Å². The van der Waals surface area contributed by atoms with E-state index in [4.69, 9.17) is 6.42 Å². The Labute approximate surface area is 77.4 Å². The highest BCUT2D eigenvalue weighted by Gasteiger charge is 2.04. The van der Waals surface area contributed by atoms with Crippen molar-refractivity contribution in [3.8, 4) is 12.3 Å². The second kappa shape index (κ2) is 5.56. The third-order valence-corrected chi connectivity index (χ3v) is 2.16. The van der Waals surface area contributed by atoms with E-state index in [1.165, 1.54) is 18.3 Å². The Morgan fingerprint density at radius 2 is 2.17 bits per heavy atom. The van der Waals surface area contributed by atoms with E-state index in [9.17, 15) is 4.79 Å². The molecule has 64 valence electrons. The van der Waals surface area contributed by atoms with Crippen LogP contribution in [0.4, 0.5) is 0 Å². The quantitative estimate of drug-likeness (QED) is 0.479. The first-order valence-electron chi connectivity index (χ1n) is 3.80. The number of thiophene rings is 1. The molecule has 0 atom stereocenters. The van der Waals surface area contributed by atoms with Crippen LogP contribution >= 0.6 is 11.3 Å². The molecule has 0 amide bonds. The number of Topliss-reactive ketones (excluding diaryl/α,β-unsaturated/α-hetero) is 1. The van der Waals surface area contributed by atoms with Gasteiger partial charge in [0.1, 0.15) is 0 Å². The molecule has 0 spiro atoms. The largest absolute Gasteiger partial charge is 0.294 e. The van der Waals surface area contributed by atoms with Gasteiger partial charge in [-0.2, -0.15) is 0 Å². The number of hydrogen-bond acceptors (Lipinski definition) is 2. The highest BCUT2D eigenvalue weighted by atomic mass is 32.1. The molecule has 0 aliphatic rings. The van der Waals surface area contributed by atoms with Crippen LogP contribution in [0.3, 0.4) is 0 Å². The Hall–Kier alpha value is -1.07. The highest BCUT2D eigenvalue weighted by molar-refractivity contribution is 7.12. The van der Waals surface area contributed by atoms with E-state index in [0.717, 1.165) is 0 Å². The summed E-state index contributed by atoms with van der Waals surface area (Å²) in [6.07, 6.45) is 5.14. The zero-order valence-electron chi connectivity index (χ0n) is 7.55. The van der Waals surface area contributed by atoms with Crippen LogP contribution in [0.5, 0.6) is 0 Å². The molecule has 0 saturated heterocycles. The average molecular weight is 180 g/mol. The van der Waals surface area contributed by atoms with Gasteiger partial charge in [-0.1, -0.05) is 19.8 Å². The van der Waals surface area contributed by atoms with E-state index in [1.54, 1.807) is 6.07 Å². The fourth-order valence-electron chi connectivity index (χ4n) is 0.696. The molecule has 0 N–H and O–H groups in total. The first-order chi connectivity index (χ1) is 5.75. The molecule has 0 radical (unpaired) electrons. The molecular formula is C10H12OS. The molecule has 0 fully saturated rings. The lowest BCUT2D eigenvalue weighted by molar-refractivity contribution is 0.102. The number of hydrogen-bond donors (Lipinski definition) is 0. The average Bonchev–Trinajstić information content (AvgIpc) is 2.55. The van der Waals surface area contributed by atoms with Crippen LogP contribution in [0.15, 0.2) is 11.4 Å². The molecule has 0 saturated carbocycles. The van der Waals surface area contributed by atoms with E-state index in [-0.39, 0.29) is 5.78 Å². The second-order valence-electron chi connectivity index (χ2n) is 1.86. The molecule has 12 heavy (non-hydrogen) atoms. The molecule has 1 aromatic rings. The molecule has 0 bridgehead atoms. The smallest absolute Gasteiger partial charge is 0.170 e. The normalized spacial score (nSPS) is 7.83. The Morgan fingerprint density at radius 3 is 2.50 bits per heavy atom. The van der Waals surface area contributed by atoms with Crippen molar-refractivity contribution in [2.75, 3.05) is 0 Å². The van der Waals surface area contributed by atoms with Gasteiger partial charge in [-0.05, 0) is 18.4 Å². The predicted molar refractivity (Wildman–Crippen MR) is 53.6 cm³/mol. The van der Waals surface area contributed by atoms with Crippen molar-refractivity contribution in [1.82, 2.24) is 0 Å². The number of carbonyl (C=O) groups excluding carboxylic acids is 1. The number of terminal acetylenes is 1. The van der Waals surface area contributed by atoms with Crippen LogP contribution in [-0.2, 0) is 0 Å². The van der Waals surface area contributed by atoms with Gasteiger partial charge in [0.15, 0.2) is 5.78 Å². The lowest BCUT2D eigenvalue weighted by Crippen LogP contribution is -1.88. The minimum absolute atomic E-state index is 0.0444. The lowest BCUT2D eigenvalue weighted by atomic mass is 10.2. The van der Waals surface area contributed by atoms with E-state index >= 15 is 0 Å². The second-order valence-corrected chi connectivity index (χ2v) is 2.78. The molecule has 1 aromatic heterocycles. The van der Waals surface area contributed by atoms with Crippen molar-refractivity contribution in [3.63, 3.8) is 0 Å². The Kier molecular flexibility index (Phi) is 5.07. The Balaban J connectivity index is 0.000000561. The van der Waals surface area contributed by atoms with Crippen molar-refractivity contribution in [2.24, 2.45) is 0 Å². The third-order valence-electron chi connectivity index (χ3n) is 1.14. The maximum atomic E-state index is 10.8. The zero-order valence-corrected chi connectivity index (χ0v) is 8.37. The predicted octanol–water partition coefficient (Wildman–Crippen LogP) is 2.96. The SMILES string of the molecule is C#Cc1ccsc1C(C)=O.CC. The maximum Gasteiger partial charge on any atom is 0.170 e. The summed E-state index contributed by atoms with van der Waals surface area (Å²) in [5.74, 6) is 2.49. The topological polar surface area (TPSA) is 17.1 Å². The summed E-state index contributed by atoms with van der Waals surface area (Å²) in [5.41, 5.74) is 0.706. The molecule has 0 unspecified atom stereocenters. The van der Waals surface area contributed by atoms with Crippen molar-refractivity contribution in [3.05, 3.63) is 21.9 Å². The molecule has 1 nitrogen and oxygen atoms in total. The van der Waals surface area contributed by atoms with Gasteiger partial charge in [0.05, 0.1) is 4.88 Å². The van der Waals surface area contributed by atoms with Crippen LogP contribution < -0.4 is 0 Å². The summed E-state index contributed by atoms with van der Waals surface area (Å²) < 4.78 is 0. The van der Waals surface area contributed by atoms with Gasteiger partial charge in [0.2, 0.25) is 0 Å². The standard InChI is InChI=1S/C8H6OS.C2H6/c1-3-7-4-5-10-8(7)6(2)9;1-2/h1,4-5H,2H3;1-2H3. The molecule has 0 aliphatic carbocycles. The van der Waals surface area contributed by atoms with Crippen molar-refractivity contribution in [1.29, 1.82) is 0 Å². The van der Waals surface area contributed by atoms with E-state index in [2.05, 4.69) is 5.92 Å². The summed E-state index contributed by atoms with van der Waals surface area (Å²) in [6, 6.07) is 1.78. The fourth-order valence-corrected chi connectivity index (χ4v) is 1.46. The van der Waals surface area contributed by atoms with Gasteiger partial charge in [-0.15, -0.1) is 17.8 Å². The van der Waals surface area contributed by atoms with Crippen LogP contribution in [0, 0.1) is 12.3 Å². The minimum atomic E-state index is 0.0444. The van der Waals surface area contributed by atoms with E-state index < -0.39 is 0 Å². The third kappa shape index (κ3) is 2.52. The van der Waals surface area contributed by atoms with Gasteiger partial charge in [-0.3, -0.25) is 4.79 Å². The maximum absolute atomic E-state index is 10.8. The van der Waals surface area contributed by atoms with Crippen LogP contribution in [0.25, 0.3) is 0 Å². The summed E-state index contributed by atoms with van der Waals surface area (Å²) >= 11 is 1.39. The Bertz CT molecular complexity index is 291. The van der Waals surface area contributed by atoms with E-state index in [1.807, 2.05) is 19.2 Å². The molecule has 0 aliphatic heterocycles. The summed E-state index contributed by atoms with van der Waals surface area (Å²) in [7, 11) is 0. The first-order valence-corrected chi connectivity index (χ1v) is 4.68. The fraction of sp³-hybridized carbons (Fsp3) is 0.300. The van der Waals surface area contributed by atoms with E-state index in [0.29, 0.717) is 10.4 Å². The molecule has 1 heterocycles. The van der Waals surface area contributed by atoms with Crippen LogP contribution in [0.2, 0.25) is 0 Å². The summed E-state index contributed by atoms with van der Waals surface area (Å²) in [5, 5.41) is 1.83. The van der Waals surface area contributed by atoms with Crippen LogP contribution in [-0.4, -0.2) is 5.78 Å². The summed E-state index contributed by atoms with van der Waals surface area (Å²) in [6.45, 7) is 5.52. The summed E-state index contributed by atoms with van der Waals surface area (Å²) in [4.78, 5) is 11.5. The number of rotatable bonds is 1. The lowest BCUT2D eigenvalue weighted by Gasteiger charge is -1.87. The van der Waals surface area contributed by atoms with Gasteiger partial charge < -0.3 is 0 Å². The van der Waals surface area contributed by atoms with Gasteiger partial charge in [0.25, 0.3) is 0 Å². The van der Waals surface area contributed by atoms with Crippen LogP contribution in [0.1, 0.15) is 36.0 Å². The number of carbonyl (C=O) groups is 1. The van der Waals surface area contributed by atoms with Crippen molar-refractivity contribution >= 4 is 17.1 Å². The highest BCUT2D eigenvalue weighted by Crippen LogP contribution is 2.15. The molecule has 1 rings (SSSR count). The zero-order chi connectivity index (χ0) is 9.56. The molecule has 2 heteroatoms. The van der Waals surface area contributed by atoms with Crippen molar-refractivity contribution < 1.29 is 4.79 Å². The Morgan fingerprint density at radius 1 is 1.58 bits per heavy atom. The van der Waals surface area contributed by atoms with Gasteiger partial charge in [0, 0.05) is 5.56 Å². The minimum Gasteiger partial charge on any atom is -0.294 e. The molecule has 0 aromatic carbocycles. The monoisotopic (exact) mass is 180 g/mol. The van der Waals surface area contributed by atoms with Crippen molar-refractivity contribution in [2.45, 2.75) is 20.8 Å². The molecular weight excluding hydrogens is 168 g/mol.